The Hall–Kier alpha value is -8.46. The predicted molar refractivity (Wildman–Crippen MR) is 323 cm³/mol. The number of ether oxygens (including phenoxy) is 3. The number of nitrogens with one attached hydrogen (secondary N) is 3. The number of anilines is 3. The monoisotopic (exact) mass is 1210 g/mol. The van der Waals surface area contributed by atoms with E-state index in [4.69, 9.17) is 29.9 Å². The molecule has 0 saturated heterocycles. The van der Waals surface area contributed by atoms with Gasteiger partial charge in [0.25, 0.3) is 35.4 Å². The van der Waals surface area contributed by atoms with Crippen molar-refractivity contribution in [1.29, 1.82) is 0 Å². The molecule has 0 aliphatic carbocycles. The molecule has 0 aliphatic rings. The van der Waals surface area contributed by atoms with Crippen LogP contribution in [0, 0.1) is 0 Å². The van der Waals surface area contributed by atoms with Gasteiger partial charge in [-0.15, -0.1) is 34.0 Å². The van der Waals surface area contributed by atoms with E-state index in [2.05, 4.69) is 30.9 Å². The Bertz CT molecular complexity index is 3880. The van der Waals surface area contributed by atoms with Gasteiger partial charge in [-0.2, -0.15) is 4.57 Å². The zero-order chi connectivity index (χ0) is 60.8. The van der Waals surface area contributed by atoms with Crippen molar-refractivity contribution in [2.75, 3.05) is 16.0 Å². The molecule has 0 saturated carbocycles. The van der Waals surface area contributed by atoms with Gasteiger partial charge in [0.05, 0.1) is 42.3 Å². The summed E-state index contributed by atoms with van der Waals surface area (Å²) in [6.45, 7) is 20.5. The Morgan fingerprint density at radius 1 is 0.576 bits per heavy atom. The van der Waals surface area contributed by atoms with Crippen LogP contribution in [-0.4, -0.2) is 74.5 Å². The van der Waals surface area contributed by atoms with Crippen LogP contribution in [0.25, 0.3) is 0 Å². The lowest BCUT2D eigenvalue weighted by atomic mass is 10.1. The number of hydrogen-bond acceptors (Lipinski definition) is 16. The van der Waals surface area contributed by atoms with E-state index in [0.29, 0.717) is 51.3 Å². The van der Waals surface area contributed by atoms with Gasteiger partial charge in [0, 0.05) is 78.9 Å². The second-order valence-electron chi connectivity index (χ2n) is 22.0. The summed E-state index contributed by atoms with van der Waals surface area (Å²) >= 11 is 3.83. The minimum absolute atomic E-state index is 0.00950. The maximum atomic E-state index is 13.9. The average Bonchev–Trinajstić information content (AvgIpc) is 3.01. The molecule has 5 N–H and O–H groups in total. The standard InChI is InChI=1S/C60H66N14O8S3/c1-37(2)80-58(5,6)47-33-83-55(64-47)67-52(77)44-12-11-13-50(75)74(44)32-41-18-24-70(25-19-41)29-38(3)81-59(7,8)48-34-84-56(65-48)68-53(78)45-15-14-43(51(61)76)73(45)31-42-20-26-71(27-21-42)39(4)82-60(9,10)49-35-85-57(66-49)69-54(79)46-28-63-36-72(46)30-40-16-22-62-23-17-40/h11-28,33-39H,29-32H2,1-10H3,(H3-2,61,64,65,66,67,68,69,76,77,78,79)/p+2. The lowest BCUT2D eigenvalue weighted by Gasteiger charge is -2.26. The van der Waals surface area contributed by atoms with E-state index in [1.54, 1.807) is 46.1 Å². The van der Waals surface area contributed by atoms with Crippen LogP contribution in [0.1, 0.15) is 151 Å². The van der Waals surface area contributed by atoms with Gasteiger partial charge in [0.15, 0.2) is 46.7 Å². The van der Waals surface area contributed by atoms with Crippen LogP contribution in [0.2, 0.25) is 0 Å². The lowest BCUT2D eigenvalue weighted by Crippen LogP contribution is -2.42. The fourth-order valence-corrected chi connectivity index (χ4v) is 12.1. The molecule has 2 atom stereocenters. The lowest BCUT2D eigenvalue weighted by molar-refractivity contribution is -0.764. The topological polar surface area (TPSA) is 262 Å². The third kappa shape index (κ3) is 15.1. The first-order chi connectivity index (χ1) is 40.4. The van der Waals surface area contributed by atoms with Gasteiger partial charge in [0.2, 0.25) is 0 Å². The first-order valence-corrected chi connectivity index (χ1v) is 30.0. The Kier molecular flexibility index (Phi) is 18.6. The molecule has 9 rings (SSSR count). The van der Waals surface area contributed by atoms with Crippen LogP contribution < -0.4 is 36.4 Å². The van der Waals surface area contributed by atoms with Gasteiger partial charge in [-0.3, -0.25) is 49.5 Å². The van der Waals surface area contributed by atoms with E-state index >= 15 is 0 Å². The van der Waals surface area contributed by atoms with Gasteiger partial charge < -0.3 is 29.1 Å². The number of carbonyl (C=O) groups is 4. The average molecular weight is 1210 g/mol. The Balaban J connectivity index is 0.770. The zero-order valence-corrected chi connectivity index (χ0v) is 51.3. The van der Waals surface area contributed by atoms with Crippen molar-refractivity contribution in [3.05, 3.63) is 199 Å². The number of thiazole rings is 3. The molecule has 85 heavy (non-hydrogen) atoms. The van der Waals surface area contributed by atoms with Gasteiger partial charge in [-0.05, 0) is 109 Å². The summed E-state index contributed by atoms with van der Waals surface area (Å²) in [6, 6.07) is 19.0. The Morgan fingerprint density at radius 3 is 1.61 bits per heavy atom. The molecule has 0 spiro atoms. The highest BCUT2D eigenvalue weighted by atomic mass is 32.1. The zero-order valence-electron chi connectivity index (χ0n) is 48.8. The van der Waals surface area contributed by atoms with Crippen LogP contribution in [0.15, 0.2) is 137 Å². The van der Waals surface area contributed by atoms with Gasteiger partial charge in [0.1, 0.15) is 45.7 Å². The number of carbonyl (C=O) groups excluding carboxylic acids is 4. The number of nitrogens with zero attached hydrogens (tertiary/aromatic N) is 10. The van der Waals surface area contributed by atoms with E-state index in [1.807, 2.05) is 156 Å². The number of aromatic nitrogens is 10. The summed E-state index contributed by atoms with van der Waals surface area (Å²) < 4.78 is 27.7. The largest absolute Gasteiger partial charge is 0.367 e. The number of amides is 4. The molecule has 0 bridgehead atoms. The third-order valence-corrected chi connectivity index (χ3v) is 16.0. The normalized spacial score (nSPS) is 12.7. The SMILES string of the molecule is CC(C)OC(C)(C)c1csc(NC(=O)c2cccc(=O)n2Cc2cc[n+](CC(C)OC(C)(C)c3csc(NC(=O)c4ccc(C(N)=O)n4Cc4cc[n+](C(C)OC(C)(C)c5csc(NC(=O)c6cncn6Cc6ccncc6)n5)cc4)n3)cc2)n1. The highest BCUT2D eigenvalue weighted by Crippen LogP contribution is 2.33. The molecule has 9 aromatic rings. The highest BCUT2D eigenvalue weighted by molar-refractivity contribution is 7.14. The summed E-state index contributed by atoms with van der Waals surface area (Å²) in [5.41, 5.74) is 8.63. The van der Waals surface area contributed by atoms with Crippen LogP contribution in [-0.2, 0) is 57.2 Å². The number of rotatable bonds is 25. The minimum atomic E-state index is -0.858. The third-order valence-electron chi connectivity index (χ3n) is 13.8. The molecular weight excluding hydrogens is 1140 g/mol. The molecule has 442 valence electrons. The first kappa shape index (κ1) is 61.1. The van der Waals surface area contributed by atoms with Crippen molar-refractivity contribution in [3.63, 3.8) is 0 Å². The quantitative estimate of drug-likeness (QED) is 0.0391. The van der Waals surface area contributed by atoms with Gasteiger partial charge in [-0.1, -0.05) is 6.07 Å². The summed E-state index contributed by atoms with van der Waals surface area (Å²) in [4.78, 5) is 88.9. The molecule has 25 heteroatoms. The number of pyridine rings is 4. The van der Waals surface area contributed by atoms with Crippen molar-refractivity contribution in [3.8, 4) is 0 Å². The van der Waals surface area contributed by atoms with Crippen molar-refractivity contribution in [2.24, 2.45) is 5.73 Å². The van der Waals surface area contributed by atoms with Crippen LogP contribution in [0.4, 0.5) is 15.4 Å². The predicted octanol–water partition coefficient (Wildman–Crippen LogP) is 8.66. The van der Waals surface area contributed by atoms with Crippen molar-refractivity contribution >= 4 is 73.0 Å². The maximum Gasteiger partial charge on any atom is 0.275 e. The van der Waals surface area contributed by atoms with E-state index in [1.165, 1.54) is 56.9 Å². The van der Waals surface area contributed by atoms with Gasteiger partial charge in [-0.25, -0.2) is 24.5 Å². The van der Waals surface area contributed by atoms with Crippen molar-refractivity contribution in [2.45, 2.75) is 131 Å². The minimum Gasteiger partial charge on any atom is -0.367 e. The second kappa shape index (κ2) is 25.8. The molecule has 22 nitrogen and oxygen atoms in total. The molecule has 0 radical (unpaired) electrons. The van der Waals surface area contributed by atoms with E-state index in [-0.39, 0.29) is 53.8 Å². The molecular formula is C60H68N14O8S3+2. The smallest absolute Gasteiger partial charge is 0.275 e. The van der Waals surface area contributed by atoms with Crippen LogP contribution in [0.5, 0.6) is 0 Å². The van der Waals surface area contributed by atoms with Crippen molar-refractivity contribution in [1.82, 2.24) is 38.6 Å². The van der Waals surface area contributed by atoms with Crippen LogP contribution >= 0.6 is 34.0 Å². The molecule has 0 aliphatic heterocycles. The summed E-state index contributed by atoms with van der Waals surface area (Å²) in [7, 11) is 0. The van der Waals surface area contributed by atoms with E-state index in [0.717, 1.165) is 16.7 Å². The fourth-order valence-electron chi connectivity index (χ4n) is 9.55. The second-order valence-corrected chi connectivity index (χ2v) is 24.6. The number of nitrogens with two attached hydrogens (primary N) is 1. The number of primary amides is 1. The maximum absolute atomic E-state index is 13.9. The van der Waals surface area contributed by atoms with E-state index < -0.39 is 40.8 Å². The molecule has 0 fully saturated rings. The molecule has 4 amide bonds. The number of hydrogen-bond donors (Lipinski definition) is 4. The van der Waals surface area contributed by atoms with E-state index in [9.17, 15) is 24.0 Å². The number of imidazole rings is 1. The summed E-state index contributed by atoms with van der Waals surface area (Å²) in [5.74, 6) is -1.96. The Morgan fingerprint density at radius 2 is 1.06 bits per heavy atom. The fraction of sp³-hybridized carbons (Fsp3) is 0.333. The van der Waals surface area contributed by atoms with Gasteiger partial charge >= 0.3 is 0 Å². The molecule has 0 aromatic carbocycles. The van der Waals surface area contributed by atoms with Crippen LogP contribution in [0.3, 0.4) is 0 Å². The summed E-state index contributed by atoms with van der Waals surface area (Å²) in [5, 5.41) is 15.4. The van der Waals surface area contributed by atoms with Crippen molar-refractivity contribution < 1.29 is 42.5 Å². The molecule has 9 heterocycles. The molecule has 2 unspecified atom stereocenters. The first-order valence-electron chi connectivity index (χ1n) is 27.3. The summed E-state index contributed by atoms with van der Waals surface area (Å²) in [6.07, 6.45) is 13.3. The Labute approximate surface area is 503 Å². The highest BCUT2D eigenvalue weighted by Gasteiger charge is 2.33. The molecule has 9 aromatic heterocycles.